The predicted octanol–water partition coefficient (Wildman–Crippen LogP) is 0.185. The minimum absolute atomic E-state index is 0.0554. The summed E-state index contributed by atoms with van der Waals surface area (Å²) in [6.45, 7) is 4.11. The van der Waals surface area contributed by atoms with Gasteiger partial charge in [-0.25, -0.2) is 18.5 Å². The Morgan fingerprint density at radius 1 is 1.47 bits per heavy atom. The molecule has 0 aliphatic carbocycles. The fourth-order valence-corrected chi connectivity index (χ4v) is 2.07. The minimum atomic E-state index is -3.63. The van der Waals surface area contributed by atoms with E-state index in [0.717, 1.165) is 18.9 Å². The van der Waals surface area contributed by atoms with Gasteiger partial charge in [0.2, 0.25) is 10.0 Å². The molecule has 2 rings (SSSR count). The minimum Gasteiger partial charge on any atom is -0.356 e. The predicted molar refractivity (Wildman–Crippen MR) is 57.0 cm³/mol. The number of rotatable bonds is 2. The summed E-state index contributed by atoms with van der Waals surface area (Å²) in [5.74, 6) is 1.49. The molecule has 1 aromatic heterocycles. The van der Waals surface area contributed by atoms with Crippen molar-refractivity contribution in [3.63, 3.8) is 0 Å². The molecule has 1 aliphatic heterocycles. The molecule has 6 heteroatoms. The average molecular weight is 227 g/mol. The zero-order chi connectivity index (χ0) is 11.1. The molecule has 0 atom stereocenters. The second-order valence-corrected chi connectivity index (χ2v) is 5.47. The lowest BCUT2D eigenvalue weighted by Gasteiger charge is -2.38. The number of nitrogens with two attached hydrogens (primary N) is 1. The van der Waals surface area contributed by atoms with Crippen LogP contribution in [0.1, 0.15) is 6.92 Å². The van der Waals surface area contributed by atoms with E-state index in [1.54, 1.807) is 6.07 Å². The highest BCUT2D eigenvalue weighted by Crippen LogP contribution is 2.22. The normalized spacial score (nSPS) is 17.6. The third kappa shape index (κ3) is 2.10. The van der Waals surface area contributed by atoms with E-state index in [4.69, 9.17) is 5.14 Å². The van der Waals surface area contributed by atoms with Gasteiger partial charge in [0, 0.05) is 19.3 Å². The number of primary sulfonamides is 1. The molecule has 0 saturated carbocycles. The highest BCUT2D eigenvalue weighted by atomic mass is 32.2. The standard InChI is InChI=1S/C9H13N3O2S/c1-7-5-12(6-7)9-3-2-8(4-11-9)15(10,13)14/h2-4,7H,5-6H2,1H3,(H2,10,13,14). The first-order valence-corrected chi connectivity index (χ1v) is 6.25. The van der Waals surface area contributed by atoms with Crippen LogP contribution in [0.3, 0.4) is 0 Å². The first-order chi connectivity index (χ1) is 6.97. The molecule has 15 heavy (non-hydrogen) atoms. The third-order valence-electron chi connectivity index (χ3n) is 2.44. The lowest BCUT2D eigenvalue weighted by Crippen LogP contribution is -2.45. The number of hydrogen-bond acceptors (Lipinski definition) is 4. The second-order valence-electron chi connectivity index (χ2n) is 3.91. The molecule has 82 valence electrons. The molecule has 0 unspecified atom stereocenters. The highest BCUT2D eigenvalue weighted by molar-refractivity contribution is 7.89. The molecular weight excluding hydrogens is 214 g/mol. The summed E-state index contributed by atoms with van der Waals surface area (Å²) >= 11 is 0. The lowest BCUT2D eigenvalue weighted by molar-refractivity contribution is 0.443. The molecule has 0 amide bonds. The molecule has 5 nitrogen and oxygen atoms in total. The molecule has 0 bridgehead atoms. The van der Waals surface area contributed by atoms with Gasteiger partial charge in [-0.3, -0.25) is 0 Å². The Bertz CT molecular complexity index is 449. The van der Waals surface area contributed by atoms with Gasteiger partial charge in [-0.2, -0.15) is 0 Å². The summed E-state index contributed by atoms with van der Waals surface area (Å²) < 4.78 is 21.9. The van der Waals surface area contributed by atoms with Crippen LogP contribution in [-0.2, 0) is 10.0 Å². The van der Waals surface area contributed by atoms with Crippen LogP contribution in [0, 0.1) is 5.92 Å². The van der Waals surface area contributed by atoms with Crippen LogP contribution in [0.2, 0.25) is 0 Å². The topological polar surface area (TPSA) is 76.3 Å². The molecule has 1 saturated heterocycles. The monoisotopic (exact) mass is 227 g/mol. The zero-order valence-corrected chi connectivity index (χ0v) is 9.24. The second kappa shape index (κ2) is 3.46. The van der Waals surface area contributed by atoms with E-state index in [-0.39, 0.29) is 4.90 Å². The fourth-order valence-electron chi connectivity index (χ4n) is 1.61. The third-order valence-corrected chi connectivity index (χ3v) is 3.34. The Morgan fingerprint density at radius 3 is 2.53 bits per heavy atom. The van der Waals surface area contributed by atoms with E-state index in [0.29, 0.717) is 5.92 Å². The first-order valence-electron chi connectivity index (χ1n) is 4.70. The van der Waals surface area contributed by atoms with Crippen molar-refractivity contribution in [3.05, 3.63) is 18.3 Å². The summed E-state index contributed by atoms with van der Waals surface area (Å²) in [4.78, 5) is 6.22. The summed E-state index contributed by atoms with van der Waals surface area (Å²) in [7, 11) is -3.63. The van der Waals surface area contributed by atoms with E-state index in [1.165, 1.54) is 12.3 Å². The van der Waals surface area contributed by atoms with Gasteiger partial charge in [-0.15, -0.1) is 0 Å². The Balaban J connectivity index is 2.18. The molecule has 0 spiro atoms. The summed E-state index contributed by atoms with van der Waals surface area (Å²) in [6, 6.07) is 3.17. The van der Waals surface area contributed by atoms with Crippen LogP contribution >= 0.6 is 0 Å². The molecule has 1 fully saturated rings. The van der Waals surface area contributed by atoms with E-state index in [9.17, 15) is 8.42 Å². The van der Waals surface area contributed by atoms with Gasteiger partial charge < -0.3 is 4.90 Å². The number of sulfonamides is 1. The van der Waals surface area contributed by atoms with Gasteiger partial charge >= 0.3 is 0 Å². The van der Waals surface area contributed by atoms with Crippen molar-refractivity contribution in [3.8, 4) is 0 Å². The van der Waals surface area contributed by atoms with Crippen LogP contribution < -0.4 is 10.0 Å². The molecule has 2 N–H and O–H groups in total. The SMILES string of the molecule is CC1CN(c2ccc(S(N)(=O)=O)cn2)C1. The quantitative estimate of drug-likeness (QED) is 0.782. The van der Waals surface area contributed by atoms with Crippen molar-refractivity contribution in [1.29, 1.82) is 0 Å². The molecule has 1 aliphatic rings. The molecule has 1 aromatic rings. The Morgan fingerprint density at radius 2 is 2.13 bits per heavy atom. The van der Waals surface area contributed by atoms with Gasteiger partial charge in [0.1, 0.15) is 10.7 Å². The van der Waals surface area contributed by atoms with E-state index < -0.39 is 10.0 Å². The van der Waals surface area contributed by atoms with Gasteiger partial charge in [0.05, 0.1) is 0 Å². The van der Waals surface area contributed by atoms with E-state index >= 15 is 0 Å². The van der Waals surface area contributed by atoms with E-state index in [2.05, 4.69) is 16.8 Å². The van der Waals surface area contributed by atoms with Crippen molar-refractivity contribution >= 4 is 15.8 Å². The van der Waals surface area contributed by atoms with Crippen molar-refractivity contribution in [1.82, 2.24) is 4.98 Å². The van der Waals surface area contributed by atoms with Crippen molar-refractivity contribution in [2.24, 2.45) is 11.1 Å². The number of aromatic nitrogens is 1. The zero-order valence-electron chi connectivity index (χ0n) is 8.42. The Labute approximate surface area is 89.0 Å². The van der Waals surface area contributed by atoms with Gasteiger partial charge in [0.15, 0.2) is 0 Å². The maximum absolute atomic E-state index is 11.0. The van der Waals surface area contributed by atoms with E-state index in [1.807, 2.05) is 0 Å². The molecule has 2 heterocycles. The van der Waals surface area contributed by atoms with Crippen molar-refractivity contribution in [2.45, 2.75) is 11.8 Å². The van der Waals surface area contributed by atoms with Gasteiger partial charge in [0.25, 0.3) is 0 Å². The van der Waals surface area contributed by atoms with Crippen molar-refractivity contribution in [2.75, 3.05) is 18.0 Å². The number of pyridine rings is 1. The van der Waals surface area contributed by atoms with Crippen molar-refractivity contribution < 1.29 is 8.42 Å². The summed E-state index contributed by atoms with van der Waals surface area (Å²) in [5, 5.41) is 4.97. The Kier molecular flexibility index (Phi) is 2.40. The highest BCUT2D eigenvalue weighted by Gasteiger charge is 2.23. The summed E-state index contributed by atoms with van der Waals surface area (Å²) in [6.07, 6.45) is 1.30. The maximum atomic E-state index is 11.0. The number of hydrogen-bond donors (Lipinski definition) is 1. The average Bonchev–Trinajstić information content (AvgIpc) is 2.12. The van der Waals surface area contributed by atoms with Crippen LogP contribution in [0.5, 0.6) is 0 Å². The smallest absolute Gasteiger partial charge is 0.239 e. The Hall–Kier alpha value is -1.14. The fraction of sp³-hybridized carbons (Fsp3) is 0.444. The number of anilines is 1. The first kappa shape index (κ1) is 10.4. The van der Waals surface area contributed by atoms with Crippen LogP contribution in [0.25, 0.3) is 0 Å². The van der Waals surface area contributed by atoms with Crippen LogP contribution in [0.4, 0.5) is 5.82 Å². The molecule has 0 aromatic carbocycles. The lowest BCUT2D eigenvalue weighted by atomic mass is 10.0. The maximum Gasteiger partial charge on any atom is 0.239 e. The number of nitrogens with zero attached hydrogens (tertiary/aromatic N) is 2. The van der Waals surface area contributed by atoms with Crippen LogP contribution in [0.15, 0.2) is 23.2 Å². The summed E-state index contributed by atoms with van der Waals surface area (Å²) in [5.41, 5.74) is 0. The van der Waals surface area contributed by atoms with Crippen LogP contribution in [-0.4, -0.2) is 26.5 Å². The van der Waals surface area contributed by atoms with Gasteiger partial charge in [-0.05, 0) is 18.1 Å². The van der Waals surface area contributed by atoms with Gasteiger partial charge in [-0.1, -0.05) is 6.92 Å². The largest absolute Gasteiger partial charge is 0.356 e. The molecule has 0 radical (unpaired) electrons. The molecular formula is C9H13N3O2S.